The third-order valence-electron chi connectivity index (χ3n) is 3.76. The molecule has 4 heteroatoms. The Labute approximate surface area is 148 Å². The molecule has 1 amide bonds. The summed E-state index contributed by atoms with van der Waals surface area (Å²) in [5.41, 5.74) is 1.87. The van der Waals surface area contributed by atoms with Gasteiger partial charge >= 0.3 is 0 Å². The second-order valence-electron chi connectivity index (χ2n) is 5.77. The van der Waals surface area contributed by atoms with Gasteiger partial charge in [0, 0.05) is 22.5 Å². The molecule has 0 saturated carbocycles. The van der Waals surface area contributed by atoms with E-state index in [1.807, 2.05) is 25.1 Å². The molecule has 124 valence electrons. The fourth-order valence-electron chi connectivity index (χ4n) is 2.38. The lowest BCUT2D eigenvalue weighted by Gasteiger charge is -2.08. The summed E-state index contributed by atoms with van der Waals surface area (Å²) in [5, 5.41) is 4.72. The highest BCUT2D eigenvalue weighted by Gasteiger charge is 2.05. The standard InChI is InChI=1S/C18H27BrClNO/c1-15-11-12-16(20)14-17(15)21-18(22)10-8-6-4-2-3-5-7-9-13-19/h11-12,14H,2-10,13H2,1H3,(H,21,22). The molecule has 0 aliphatic heterocycles. The molecule has 0 atom stereocenters. The zero-order chi connectivity index (χ0) is 16.2. The van der Waals surface area contributed by atoms with Gasteiger partial charge in [0.05, 0.1) is 0 Å². The van der Waals surface area contributed by atoms with E-state index in [2.05, 4.69) is 21.2 Å². The summed E-state index contributed by atoms with van der Waals surface area (Å²) in [6.45, 7) is 1.97. The molecule has 0 unspecified atom stereocenters. The maximum absolute atomic E-state index is 11.9. The first-order valence-corrected chi connectivity index (χ1v) is 9.75. The van der Waals surface area contributed by atoms with E-state index in [4.69, 9.17) is 11.6 Å². The molecule has 22 heavy (non-hydrogen) atoms. The maximum Gasteiger partial charge on any atom is 0.224 e. The number of carbonyl (C=O) groups is 1. The van der Waals surface area contributed by atoms with Crippen LogP contribution in [0.25, 0.3) is 0 Å². The monoisotopic (exact) mass is 387 g/mol. The Morgan fingerprint density at radius 3 is 2.27 bits per heavy atom. The van der Waals surface area contributed by atoms with Crippen molar-refractivity contribution in [3.63, 3.8) is 0 Å². The van der Waals surface area contributed by atoms with Gasteiger partial charge in [0.1, 0.15) is 0 Å². The van der Waals surface area contributed by atoms with Crippen LogP contribution in [-0.2, 0) is 4.79 Å². The summed E-state index contributed by atoms with van der Waals surface area (Å²) in [7, 11) is 0. The zero-order valence-electron chi connectivity index (χ0n) is 13.5. The Kier molecular flexibility index (Phi) is 10.6. The minimum atomic E-state index is 0.0858. The van der Waals surface area contributed by atoms with Gasteiger partial charge in [0.15, 0.2) is 0 Å². The van der Waals surface area contributed by atoms with Crippen molar-refractivity contribution < 1.29 is 4.79 Å². The first kappa shape index (κ1) is 19.5. The molecule has 0 bridgehead atoms. The number of anilines is 1. The van der Waals surface area contributed by atoms with E-state index in [0.29, 0.717) is 11.4 Å². The SMILES string of the molecule is Cc1ccc(Cl)cc1NC(=O)CCCCCCCCCCBr. The number of benzene rings is 1. The topological polar surface area (TPSA) is 29.1 Å². The summed E-state index contributed by atoms with van der Waals surface area (Å²) in [4.78, 5) is 11.9. The van der Waals surface area contributed by atoms with Crippen LogP contribution in [0.3, 0.4) is 0 Å². The summed E-state index contributed by atoms with van der Waals surface area (Å²) in [6.07, 6.45) is 10.5. The molecule has 0 heterocycles. The summed E-state index contributed by atoms with van der Waals surface area (Å²) < 4.78 is 0. The molecule has 1 aromatic rings. The number of hydrogen-bond donors (Lipinski definition) is 1. The van der Waals surface area contributed by atoms with Gasteiger partial charge in [-0.2, -0.15) is 0 Å². The third kappa shape index (κ3) is 8.79. The highest BCUT2D eigenvalue weighted by atomic mass is 79.9. The van der Waals surface area contributed by atoms with E-state index in [1.165, 1.54) is 38.5 Å². The van der Waals surface area contributed by atoms with Crippen LogP contribution < -0.4 is 5.32 Å². The van der Waals surface area contributed by atoms with E-state index in [1.54, 1.807) is 0 Å². The minimum absolute atomic E-state index is 0.0858. The van der Waals surface area contributed by atoms with E-state index in [9.17, 15) is 4.79 Å². The Hall–Kier alpha value is -0.540. The van der Waals surface area contributed by atoms with Gasteiger partial charge in [-0.3, -0.25) is 4.79 Å². The van der Waals surface area contributed by atoms with E-state index in [-0.39, 0.29) is 5.91 Å². The molecule has 0 spiro atoms. The lowest BCUT2D eigenvalue weighted by molar-refractivity contribution is -0.116. The number of aryl methyl sites for hydroxylation is 1. The number of halogens is 2. The lowest BCUT2D eigenvalue weighted by atomic mass is 10.1. The minimum Gasteiger partial charge on any atom is -0.326 e. The number of carbonyl (C=O) groups excluding carboxylic acids is 1. The van der Waals surface area contributed by atoms with Gasteiger partial charge in [0.2, 0.25) is 5.91 Å². The van der Waals surface area contributed by atoms with Crippen molar-refractivity contribution in [2.24, 2.45) is 0 Å². The predicted octanol–water partition coefficient (Wildman–Crippen LogP) is 6.49. The van der Waals surface area contributed by atoms with Gasteiger partial charge in [-0.1, -0.05) is 72.1 Å². The molecule has 1 N–H and O–H groups in total. The Morgan fingerprint density at radius 1 is 1.05 bits per heavy atom. The molecule has 1 rings (SSSR count). The van der Waals surface area contributed by atoms with E-state index < -0.39 is 0 Å². The van der Waals surface area contributed by atoms with Crippen LogP contribution in [0.1, 0.15) is 63.4 Å². The van der Waals surface area contributed by atoms with Gasteiger partial charge in [-0.05, 0) is 37.5 Å². The maximum atomic E-state index is 11.9. The lowest BCUT2D eigenvalue weighted by Crippen LogP contribution is -2.12. The Bertz CT molecular complexity index is 451. The molecule has 0 fully saturated rings. The highest BCUT2D eigenvalue weighted by molar-refractivity contribution is 9.09. The van der Waals surface area contributed by atoms with Crippen LogP contribution in [0, 0.1) is 6.92 Å². The van der Waals surface area contributed by atoms with Crippen LogP contribution in [0.5, 0.6) is 0 Å². The van der Waals surface area contributed by atoms with Crippen molar-refractivity contribution in [2.45, 2.75) is 64.7 Å². The zero-order valence-corrected chi connectivity index (χ0v) is 15.8. The molecular formula is C18H27BrClNO. The molecule has 2 nitrogen and oxygen atoms in total. The largest absolute Gasteiger partial charge is 0.326 e. The predicted molar refractivity (Wildman–Crippen MR) is 100 cm³/mol. The van der Waals surface area contributed by atoms with Crippen LogP contribution in [0.15, 0.2) is 18.2 Å². The van der Waals surface area contributed by atoms with Crippen LogP contribution in [0.4, 0.5) is 5.69 Å². The average molecular weight is 389 g/mol. The highest BCUT2D eigenvalue weighted by Crippen LogP contribution is 2.20. The van der Waals surface area contributed by atoms with Gasteiger partial charge in [-0.25, -0.2) is 0 Å². The molecule has 1 aromatic carbocycles. The number of nitrogens with one attached hydrogen (secondary N) is 1. The quantitative estimate of drug-likeness (QED) is 0.340. The van der Waals surface area contributed by atoms with Crippen molar-refractivity contribution >= 4 is 39.1 Å². The number of amides is 1. The molecular weight excluding hydrogens is 362 g/mol. The molecule has 0 radical (unpaired) electrons. The Morgan fingerprint density at radius 2 is 1.64 bits per heavy atom. The van der Waals surface area contributed by atoms with Gasteiger partial charge in [0.25, 0.3) is 0 Å². The second-order valence-corrected chi connectivity index (χ2v) is 7.00. The Balaban J connectivity index is 2.07. The number of unbranched alkanes of at least 4 members (excludes halogenated alkanes) is 7. The number of hydrogen-bond acceptors (Lipinski definition) is 1. The number of alkyl halides is 1. The summed E-state index contributed by atoms with van der Waals surface area (Å²) in [6, 6.07) is 5.57. The molecule has 0 aliphatic rings. The molecule has 0 aliphatic carbocycles. The van der Waals surface area contributed by atoms with Gasteiger partial charge in [-0.15, -0.1) is 0 Å². The third-order valence-corrected chi connectivity index (χ3v) is 4.56. The fraction of sp³-hybridized carbons (Fsp3) is 0.611. The van der Waals surface area contributed by atoms with Crippen molar-refractivity contribution in [3.8, 4) is 0 Å². The smallest absolute Gasteiger partial charge is 0.224 e. The van der Waals surface area contributed by atoms with E-state index >= 15 is 0 Å². The molecule has 0 saturated heterocycles. The first-order chi connectivity index (χ1) is 10.6. The number of rotatable bonds is 11. The van der Waals surface area contributed by atoms with Crippen LogP contribution in [0.2, 0.25) is 5.02 Å². The van der Waals surface area contributed by atoms with Crippen molar-refractivity contribution in [1.82, 2.24) is 0 Å². The van der Waals surface area contributed by atoms with Crippen molar-refractivity contribution in [1.29, 1.82) is 0 Å². The van der Waals surface area contributed by atoms with Crippen LogP contribution in [-0.4, -0.2) is 11.2 Å². The van der Waals surface area contributed by atoms with Crippen LogP contribution >= 0.6 is 27.5 Å². The van der Waals surface area contributed by atoms with Crippen molar-refractivity contribution in [2.75, 3.05) is 10.6 Å². The second kappa shape index (κ2) is 12.0. The van der Waals surface area contributed by atoms with E-state index in [0.717, 1.165) is 29.4 Å². The fourth-order valence-corrected chi connectivity index (χ4v) is 2.95. The summed E-state index contributed by atoms with van der Waals surface area (Å²) in [5.74, 6) is 0.0858. The summed E-state index contributed by atoms with van der Waals surface area (Å²) >= 11 is 9.41. The van der Waals surface area contributed by atoms with Crippen molar-refractivity contribution in [3.05, 3.63) is 28.8 Å². The normalized spacial score (nSPS) is 10.7. The molecule has 0 aromatic heterocycles. The average Bonchev–Trinajstić information content (AvgIpc) is 2.49. The first-order valence-electron chi connectivity index (χ1n) is 8.25. The van der Waals surface area contributed by atoms with Gasteiger partial charge < -0.3 is 5.32 Å².